The first kappa shape index (κ1) is 27.7. The van der Waals surface area contributed by atoms with E-state index in [9.17, 15) is 23.1 Å². The molecular formula is C24H26F3N5O2S. The number of thiazole rings is 1. The maximum Gasteiger partial charge on any atom is 0.416 e. The Morgan fingerprint density at radius 1 is 1.23 bits per heavy atom. The molecule has 0 spiro atoms. The van der Waals surface area contributed by atoms with E-state index in [1.54, 1.807) is 30.9 Å². The van der Waals surface area contributed by atoms with Crippen molar-refractivity contribution < 1.29 is 23.1 Å². The van der Waals surface area contributed by atoms with Gasteiger partial charge in [0.15, 0.2) is 0 Å². The van der Waals surface area contributed by atoms with Crippen LogP contribution in [0.1, 0.15) is 41.2 Å². The minimum atomic E-state index is -4.49. The molecule has 3 rings (SSSR count). The summed E-state index contributed by atoms with van der Waals surface area (Å²) in [6, 6.07) is 8.09. The lowest BCUT2D eigenvalue weighted by Gasteiger charge is -2.32. The smallest absolute Gasteiger partial charge is 0.384 e. The fourth-order valence-corrected chi connectivity index (χ4v) is 3.50. The molecule has 1 amide bonds. The number of rotatable bonds is 6. The average molecular weight is 506 g/mol. The van der Waals surface area contributed by atoms with Crippen molar-refractivity contribution in [3.8, 4) is 0 Å². The minimum Gasteiger partial charge on any atom is -0.384 e. The topological polar surface area (TPSA) is 113 Å². The number of amidine groups is 1. The van der Waals surface area contributed by atoms with E-state index in [1.807, 2.05) is 19.1 Å². The van der Waals surface area contributed by atoms with E-state index in [1.165, 1.54) is 23.5 Å². The summed E-state index contributed by atoms with van der Waals surface area (Å²) in [5.41, 5.74) is 6.78. The number of hydrogen-bond donors (Lipinski definition) is 3. The van der Waals surface area contributed by atoms with Gasteiger partial charge in [0.2, 0.25) is 0 Å². The molecule has 0 radical (unpaired) electrons. The number of pyridine rings is 1. The molecule has 2 aromatic heterocycles. The van der Waals surface area contributed by atoms with Crippen LogP contribution in [-0.2, 0) is 11.8 Å². The highest BCUT2D eigenvalue weighted by Crippen LogP contribution is 2.35. The lowest BCUT2D eigenvalue weighted by atomic mass is 9.81. The molecule has 0 fully saturated rings. The van der Waals surface area contributed by atoms with Crippen molar-refractivity contribution in [3.05, 3.63) is 88.8 Å². The van der Waals surface area contributed by atoms with Gasteiger partial charge in [-0.15, -0.1) is 11.3 Å². The summed E-state index contributed by atoms with van der Waals surface area (Å²) < 4.78 is 38.2. The summed E-state index contributed by atoms with van der Waals surface area (Å²) in [6.07, 6.45) is -1.73. The first-order valence-electron chi connectivity index (χ1n) is 10.4. The molecule has 35 heavy (non-hydrogen) atoms. The third kappa shape index (κ3) is 7.20. The minimum absolute atomic E-state index is 0.0467. The number of halogens is 3. The highest BCUT2D eigenvalue weighted by atomic mass is 32.1. The van der Waals surface area contributed by atoms with Gasteiger partial charge in [0, 0.05) is 17.3 Å². The molecular weight excluding hydrogens is 479 g/mol. The average Bonchev–Trinajstić information content (AvgIpc) is 3.35. The highest BCUT2D eigenvalue weighted by molar-refractivity contribution is 7.07. The predicted molar refractivity (Wildman–Crippen MR) is 131 cm³/mol. The number of anilines is 1. The molecule has 1 atom stereocenters. The molecule has 0 aliphatic heterocycles. The van der Waals surface area contributed by atoms with Crippen molar-refractivity contribution in [1.82, 2.24) is 9.97 Å². The maximum absolute atomic E-state index is 12.7. The SMILES string of the molecule is C=CN=C(N)C(O)(c1cccc(C(F)(F)F)c1)C(C)C.Cc1ccc(NC(=O)c2cscn2)cn1. The van der Waals surface area contributed by atoms with Gasteiger partial charge in [0.1, 0.15) is 17.1 Å². The van der Waals surface area contributed by atoms with Gasteiger partial charge >= 0.3 is 6.18 Å². The highest BCUT2D eigenvalue weighted by Gasteiger charge is 2.39. The standard InChI is InChI=1S/C14H17F3N2O.C10H9N3OS/c1-4-19-12(18)13(20,9(2)3)10-6-5-7-11(8-10)14(15,16)17;1-7-2-3-8(4-11-7)13-10(14)9-5-15-6-12-9/h4-9,20H,1H2,2-3H3,(H2,18,19);2-6H,1H3,(H,13,14). The summed E-state index contributed by atoms with van der Waals surface area (Å²) in [4.78, 5) is 23.3. The summed E-state index contributed by atoms with van der Waals surface area (Å²) in [5, 5.41) is 15.1. The second-order valence-electron chi connectivity index (χ2n) is 7.71. The van der Waals surface area contributed by atoms with E-state index in [4.69, 9.17) is 5.73 Å². The Kier molecular flexibility index (Phi) is 9.26. The molecule has 186 valence electrons. The van der Waals surface area contributed by atoms with Gasteiger partial charge in [-0.2, -0.15) is 13.2 Å². The van der Waals surface area contributed by atoms with Gasteiger partial charge in [-0.25, -0.2) is 9.98 Å². The normalized spacial score (nSPS) is 13.4. The molecule has 0 aliphatic carbocycles. The zero-order valence-corrected chi connectivity index (χ0v) is 20.2. The number of hydrogen-bond acceptors (Lipinski definition) is 6. The summed E-state index contributed by atoms with van der Waals surface area (Å²) in [5.74, 6) is -0.863. The lowest BCUT2D eigenvalue weighted by Crippen LogP contribution is -2.45. The van der Waals surface area contributed by atoms with Crippen LogP contribution in [0.5, 0.6) is 0 Å². The van der Waals surface area contributed by atoms with Crippen molar-refractivity contribution in [2.24, 2.45) is 16.6 Å². The Labute approximate surface area is 205 Å². The first-order valence-corrected chi connectivity index (χ1v) is 11.3. The van der Waals surface area contributed by atoms with Crippen LogP contribution in [0, 0.1) is 12.8 Å². The van der Waals surface area contributed by atoms with Gasteiger partial charge in [0.05, 0.1) is 23.0 Å². The Morgan fingerprint density at radius 2 is 1.91 bits per heavy atom. The second-order valence-corrected chi connectivity index (χ2v) is 8.43. The van der Waals surface area contributed by atoms with Crippen molar-refractivity contribution >= 4 is 28.8 Å². The number of amides is 1. The Hall–Kier alpha value is -3.57. The van der Waals surface area contributed by atoms with E-state index in [0.29, 0.717) is 11.4 Å². The van der Waals surface area contributed by atoms with Gasteiger partial charge in [-0.1, -0.05) is 32.6 Å². The van der Waals surface area contributed by atoms with E-state index < -0.39 is 23.3 Å². The fourth-order valence-electron chi connectivity index (χ4n) is 2.97. The predicted octanol–water partition coefficient (Wildman–Crippen LogP) is 5.15. The van der Waals surface area contributed by atoms with Crippen LogP contribution >= 0.6 is 11.3 Å². The van der Waals surface area contributed by atoms with Crippen molar-refractivity contribution in [3.63, 3.8) is 0 Å². The monoisotopic (exact) mass is 505 g/mol. The first-order chi connectivity index (χ1) is 16.4. The van der Waals surface area contributed by atoms with Crippen molar-refractivity contribution in [2.45, 2.75) is 32.5 Å². The van der Waals surface area contributed by atoms with Crippen LogP contribution in [0.3, 0.4) is 0 Å². The summed E-state index contributed by atoms with van der Waals surface area (Å²) in [6.45, 7) is 8.55. The molecule has 7 nitrogen and oxygen atoms in total. The van der Waals surface area contributed by atoms with Crippen molar-refractivity contribution in [1.29, 1.82) is 0 Å². The maximum atomic E-state index is 12.7. The quantitative estimate of drug-likeness (QED) is 0.317. The summed E-state index contributed by atoms with van der Waals surface area (Å²) in [7, 11) is 0. The molecule has 0 saturated heterocycles. The molecule has 0 saturated carbocycles. The van der Waals surface area contributed by atoms with E-state index in [0.717, 1.165) is 24.0 Å². The third-order valence-electron chi connectivity index (χ3n) is 4.92. The molecule has 4 N–H and O–H groups in total. The van der Waals surface area contributed by atoms with Gasteiger partial charge in [0.25, 0.3) is 5.91 Å². The third-order valence-corrected chi connectivity index (χ3v) is 5.51. The van der Waals surface area contributed by atoms with Crippen molar-refractivity contribution in [2.75, 3.05) is 5.32 Å². The number of aryl methyl sites for hydroxylation is 1. The van der Waals surface area contributed by atoms with E-state index in [-0.39, 0.29) is 17.3 Å². The zero-order valence-electron chi connectivity index (χ0n) is 19.4. The number of nitrogens with zero attached hydrogens (tertiary/aromatic N) is 3. The number of aliphatic imine (C=N–C) groups is 1. The number of aliphatic hydroxyl groups is 1. The van der Waals surface area contributed by atoms with Crippen LogP contribution in [0.4, 0.5) is 18.9 Å². The Balaban J connectivity index is 0.000000256. The van der Waals surface area contributed by atoms with Gasteiger partial charge in [-0.05, 0) is 42.7 Å². The molecule has 11 heteroatoms. The number of aromatic nitrogens is 2. The number of alkyl halides is 3. The number of nitrogens with two attached hydrogens (primary N) is 1. The zero-order chi connectivity index (χ0) is 26.2. The van der Waals surface area contributed by atoms with Crippen LogP contribution in [0.15, 0.2) is 71.3 Å². The second kappa shape index (κ2) is 11.7. The largest absolute Gasteiger partial charge is 0.416 e. The molecule has 1 aromatic carbocycles. The fraction of sp³-hybridized carbons (Fsp3) is 0.250. The number of nitrogens with one attached hydrogen (secondary N) is 1. The molecule has 0 aliphatic rings. The number of benzene rings is 1. The molecule has 3 aromatic rings. The number of carbonyl (C=O) groups excluding carboxylic acids is 1. The van der Waals surface area contributed by atoms with E-state index in [2.05, 4.69) is 26.9 Å². The number of carbonyl (C=O) groups is 1. The van der Waals surface area contributed by atoms with Gasteiger partial charge in [-0.3, -0.25) is 9.78 Å². The van der Waals surface area contributed by atoms with Crippen LogP contribution in [-0.4, -0.2) is 26.8 Å². The Bertz CT molecular complexity index is 1160. The van der Waals surface area contributed by atoms with Gasteiger partial charge < -0.3 is 16.2 Å². The molecule has 1 unspecified atom stereocenters. The van der Waals surface area contributed by atoms with Crippen LogP contribution < -0.4 is 11.1 Å². The lowest BCUT2D eigenvalue weighted by molar-refractivity contribution is -0.137. The van der Waals surface area contributed by atoms with Crippen LogP contribution in [0.25, 0.3) is 0 Å². The molecule has 0 bridgehead atoms. The Morgan fingerprint density at radius 3 is 2.43 bits per heavy atom. The molecule has 2 heterocycles. The van der Waals surface area contributed by atoms with E-state index >= 15 is 0 Å². The van der Waals surface area contributed by atoms with Crippen LogP contribution in [0.2, 0.25) is 0 Å². The summed E-state index contributed by atoms with van der Waals surface area (Å²) >= 11 is 1.39.